The summed E-state index contributed by atoms with van der Waals surface area (Å²) in [6, 6.07) is 5.07. The molecular weight excluding hydrogens is 301 g/mol. The van der Waals surface area contributed by atoms with Crippen molar-refractivity contribution in [3.63, 3.8) is 0 Å². The van der Waals surface area contributed by atoms with Crippen LogP contribution in [0.3, 0.4) is 0 Å². The van der Waals surface area contributed by atoms with Crippen molar-refractivity contribution in [1.29, 1.82) is 0 Å². The van der Waals surface area contributed by atoms with Crippen LogP contribution in [0.2, 0.25) is 0 Å². The SMILES string of the molecule is C[C@@H]1C(C(F)(F)F)=NN(Cc2ccc(O)cc2)[C@H]1CC(=O)O. The van der Waals surface area contributed by atoms with Gasteiger partial charge in [0, 0.05) is 5.92 Å². The molecule has 0 saturated heterocycles. The third-order valence-corrected chi connectivity index (χ3v) is 3.58. The lowest BCUT2D eigenvalue weighted by molar-refractivity contribution is -0.138. The van der Waals surface area contributed by atoms with Crippen LogP contribution < -0.4 is 0 Å². The van der Waals surface area contributed by atoms with E-state index in [1.807, 2.05) is 0 Å². The van der Waals surface area contributed by atoms with Gasteiger partial charge in [0.25, 0.3) is 0 Å². The molecule has 0 saturated carbocycles. The fraction of sp³-hybridized carbons (Fsp3) is 0.429. The van der Waals surface area contributed by atoms with Gasteiger partial charge < -0.3 is 10.2 Å². The predicted octanol–water partition coefficient (Wildman–Crippen LogP) is 2.61. The van der Waals surface area contributed by atoms with Crippen molar-refractivity contribution >= 4 is 11.7 Å². The quantitative estimate of drug-likeness (QED) is 0.895. The second kappa shape index (κ2) is 5.86. The molecule has 0 aromatic heterocycles. The Kier molecular flexibility index (Phi) is 4.30. The molecule has 22 heavy (non-hydrogen) atoms. The molecule has 120 valence electrons. The fourth-order valence-corrected chi connectivity index (χ4v) is 2.46. The fourth-order valence-electron chi connectivity index (χ4n) is 2.46. The Bertz CT molecular complexity index is 584. The number of aromatic hydroxyl groups is 1. The maximum absolute atomic E-state index is 12.9. The molecule has 0 radical (unpaired) electrons. The molecule has 5 nitrogen and oxygen atoms in total. The van der Waals surface area contributed by atoms with E-state index in [9.17, 15) is 23.1 Å². The number of carboxylic acid groups (broad SMARTS) is 1. The molecule has 1 aliphatic heterocycles. The lowest BCUT2D eigenvalue weighted by Gasteiger charge is -2.25. The third-order valence-electron chi connectivity index (χ3n) is 3.58. The van der Waals surface area contributed by atoms with E-state index in [1.165, 1.54) is 19.1 Å². The van der Waals surface area contributed by atoms with Gasteiger partial charge in [-0.05, 0) is 17.7 Å². The average Bonchev–Trinajstić information content (AvgIpc) is 2.69. The average molecular weight is 316 g/mol. The number of hydrogen-bond acceptors (Lipinski definition) is 4. The number of carbonyl (C=O) groups is 1. The minimum atomic E-state index is -4.58. The summed E-state index contributed by atoms with van der Waals surface area (Å²) in [6.07, 6.45) is -5.01. The van der Waals surface area contributed by atoms with Crippen LogP contribution in [0.5, 0.6) is 5.75 Å². The zero-order valence-corrected chi connectivity index (χ0v) is 11.7. The van der Waals surface area contributed by atoms with Crippen molar-refractivity contribution in [3.8, 4) is 5.75 Å². The highest BCUT2D eigenvalue weighted by molar-refractivity contribution is 5.93. The first kappa shape index (κ1) is 16.1. The van der Waals surface area contributed by atoms with Crippen molar-refractivity contribution in [2.24, 2.45) is 11.0 Å². The van der Waals surface area contributed by atoms with E-state index in [0.717, 1.165) is 5.01 Å². The lowest BCUT2D eigenvalue weighted by Crippen LogP contribution is -2.36. The number of hydrazone groups is 1. The highest BCUT2D eigenvalue weighted by Crippen LogP contribution is 2.34. The monoisotopic (exact) mass is 316 g/mol. The maximum Gasteiger partial charge on any atom is 0.431 e. The molecule has 1 heterocycles. The van der Waals surface area contributed by atoms with E-state index in [2.05, 4.69) is 5.10 Å². The number of carboxylic acids is 1. The van der Waals surface area contributed by atoms with Crippen LogP contribution in [0, 0.1) is 5.92 Å². The lowest BCUT2D eigenvalue weighted by atomic mass is 9.94. The van der Waals surface area contributed by atoms with Gasteiger partial charge in [0.1, 0.15) is 11.5 Å². The minimum Gasteiger partial charge on any atom is -0.508 e. The summed E-state index contributed by atoms with van der Waals surface area (Å²) in [7, 11) is 0. The molecule has 1 aromatic carbocycles. The topological polar surface area (TPSA) is 73.1 Å². The second-order valence-corrected chi connectivity index (χ2v) is 5.20. The van der Waals surface area contributed by atoms with E-state index in [-0.39, 0.29) is 12.3 Å². The molecule has 8 heteroatoms. The normalized spacial score (nSPS) is 21.8. The third kappa shape index (κ3) is 3.49. The van der Waals surface area contributed by atoms with Gasteiger partial charge in [0.05, 0.1) is 19.0 Å². The molecule has 1 aliphatic rings. The smallest absolute Gasteiger partial charge is 0.431 e. The van der Waals surface area contributed by atoms with Gasteiger partial charge in [-0.15, -0.1) is 0 Å². The zero-order chi connectivity index (χ0) is 16.5. The van der Waals surface area contributed by atoms with Gasteiger partial charge >= 0.3 is 12.1 Å². The molecule has 0 spiro atoms. The highest BCUT2D eigenvalue weighted by Gasteiger charge is 2.48. The number of phenols is 1. The Morgan fingerprint density at radius 1 is 1.32 bits per heavy atom. The van der Waals surface area contributed by atoms with Crippen LogP contribution in [-0.4, -0.2) is 39.1 Å². The molecule has 2 N–H and O–H groups in total. The van der Waals surface area contributed by atoms with E-state index in [0.29, 0.717) is 5.56 Å². The van der Waals surface area contributed by atoms with Gasteiger partial charge in [-0.3, -0.25) is 9.80 Å². The van der Waals surface area contributed by atoms with Gasteiger partial charge in [-0.2, -0.15) is 18.3 Å². The number of benzene rings is 1. The summed E-state index contributed by atoms with van der Waals surface area (Å²) in [5.74, 6) is -2.15. The molecule has 0 amide bonds. The maximum atomic E-state index is 12.9. The number of nitrogens with zero attached hydrogens (tertiary/aromatic N) is 2. The van der Waals surface area contributed by atoms with Gasteiger partial charge in [-0.1, -0.05) is 19.1 Å². The summed E-state index contributed by atoms with van der Waals surface area (Å²) in [5.41, 5.74) is -0.329. The predicted molar refractivity (Wildman–Crippen MR) is 72.3 cm³/mol. The molecular formula is C14H15F3N2O3. The Labute approximate surface area is 124 Å². The van der Waals surface area contributed by atoms with Gasteiger partial charge in [0.15, 0.2) is 0 Å². The van der Waals surface area contributed by atoms with Crippen molar-refractivity contribution in [2.75, 3.05) is 0 Å². The zero-order valence-electron chi connectivity index (χ0n) is 11.7. The Balaban J connectivity index is 2.25. The molecule has 2 atom stereocenters. The summed E-state index contributed by atoms with van der Waals surface area (Å²) in [6.45, 7) is 1.37. The van der Waals surface area contributed by atoms with Crippen LogP contribution >= 0.6 is 0 Å². The van der Waals surface area contributed by atoms with Crippen LogP contribution in [0.4, 0.5) is 13.2 Å². The molecule has 0 unspecified atom stereocenters. The summed E-state index contributed by atoms with van der Waals surface area (Å²) in [5, 5.41) is 22.9. The van der Waals surface area contributed by atoms with Crippen molar-refractivity contribution in [1.82, 2.24) is 5.01 Å². The number of phenolic OH excluding ortho intramolecular Hbond substituents is 1. The first-order valence-corrected chi connectivity index (χ1v) is 6.60. The molecule has 2 rings (SSSR count). The van der Waals surface area contributed by atoms with E-state index in [1.54, 1.807) is 12.1 Å². The second-order valence-electron chi connectivity index (χ2n) is 5.20. The number of halogens is 3. The van der Waals surface area contributed by atoms with Crippen LogP contribution in [0.1, 0.15) is 18.9 Å². The molecule has 1 aromatic rings. The van der Waals surface area contributed by atoms with Crippen molar-refractivity contribution in [2.45, 2.75) is 32.1 Å². The number of rotatable bonds is 4. The van der Waals surface area contributed by atoms with Crippen LogP contribution in [0.25, 0.3) is 0 Å². The highest BCUT2D eigenvalue weighted by atomic mass is 19.4. The first-order chi connectivity index (χ1) is 10.2. The van der Waals surface area contributed by atoms with E-state index in [4.69, 9.17) is 5.11 Å². The summed E-state index contributed by atoms with van der Waals surface area (Å²) >= 11 is 0. The summed E-state index contributed by atoms with van der Waals surface area (Å²) in [4.78, 5) is 10.9. The Hall–Kier alpha value is -2.25. The Morgan fingerprint density at radius 3 is 2.41 bits per heavy atom. The summed E-state index contributed by atoms with van der Waals surface area (Å²) < 4.78 is 38.8. The number of alkyl halides is 3. The van der Waals surface area contributed by atoms with Crippen LogP contribution in [-0.2, 0) is 11.3 Å². The van der Waals surface area contributed by atoms with Crippen molar-refractivity contribution in [3.05, 3.63) is 29.8 Å². The van der Waals surface area contributed by atoms with Crippen molar-refractivity contribution < 1.29 is 28.2 Å². The van der Waals surface area contributed by atoms with Gasteiger partial charge in [0.2, 0.25) is 0 Å². The molecule has 0 fully saturated rings. The van der Waals surface area contributed by atoms with Crippen LogP contribution in [0.15, 0.2) is 29.4 Å². The largest absolute Gasteiger partial charge is 0.508 e. The first-order valence-electron chi connectivity index (χ1n) is 6.60. The van der Waals surface area contributed by atoms with Gasteiger partial charge in [-0.25, -0.2) is 0 Å². The molecule has 0 aliphatic carbocycles. The minimum absolute atomic E-state index is 0.0418. The molecule has 0 bridgehead atoms. The van der Waals surface area contributed by atoms with E-state index < -0.39 is 36.2 Å². The Morgan fingerprint density at radius 2 is 1.91 bits per heavy atom. The van der Waals surface area contributed by atoms with E-state index >= 15 is 0 Å². The number of hydrogen-bond donors (Lipinski definition) is 2. The number of aliphatic carboxylic acids is 1. The standard InChI is InChI=1S/C14H15F3N2O3/c1-8-11(6-12(21)22)19(18-13(8)14(15,16)17)7-9-2-4-10(20)5-3-9/h2-5,8,11,20H,6-7H2,1H3,(H,21,22)/t8-,11-/m0/s1.